The summed E-state index contributed by atoms with van der Waals surface area (Å²) in [6, 6.07) is 9.85. The number of nitrogens with zero attached hydrogens (tertiary/aromatic N) is 1. The number of rotatable bonds is 2. The Kier molecular flexibility index (Phi) is 1.82. The maximum absolute atomic E-state index is 8.78. The molecule has 0 amide bonds. The van der Waals surface area contributed by atoms with Crippen molar-refractivity contribution in [3.05, 3.63) is 35.9 Å². The summed E-state index contributed by atoms with van der Waals surface area (Å²) in [4.78, 5) is 0. The van der Waals surface area contributed by atoms with Crippen LogP contribution >= 0.6 is 0 Å². The molecule has 62 valence electrons. The van der Waals surface area contributed by atoms with Crippen molar-refractivity contribution in [1.82, 2.24) is 0 Å². The molecule has 1 aromatic rings. The van der Waals surface area contributed by atoms with Crippen LogP contribution in [0.3, 0.4) is 0 Å². The minimum Gasteiger partial charge on any atom is -0.411 e. The molecule has 12 heavy (non-hydrogen) atoms. The maximum atomic E-state index is 8.78. The summed E-state index contributed by atoms with van der Waals surface area (Å²) in [6.45, 7) is 0. The largest absolute Gasteiger partial charge is 0.411 e. The molecule has 2 nitrogen and oxygen atoms in total. The first-order valence-corrected chi connectivity index (χ1v) is 4.19. The molecule has 0 saturated heterocycles. The Hall–Kier alpha value is -1.31. The van der Waals surface area contributed by atoms with E-state index in [0.717, 1.165) is 24.1 Å². The standard InChI is InChI=1S/C10H11NO/c12-11-10(9-6-7-9)8-4-2-1-3-5-8/h1-5,9,12H,6-7H2/b11-10-. The van der Waals surface area contributed by atoms with E-state index in [2.05, 4.69) is 5.16 Å². The molecule has 0 radical (unpaired) electrons. The highest BCUT2D eigenvalue weighted by Gasteiger charge is 2.28. The Labute approximate surface area is 71.5 Å². The van der Waals surface area contributed by atoms with Crippen molar-refractivity contribution in [3.8, 4) is 0 Å². The van der Waals surface area contributed by atoms with E-state index in [0.29, 0.717) is 5.92 Å². The molecule has 0 unspecified atom stereocenters. The second kappa shape index (κ2) is 2.97. The van der Waals surface area contributed by atoms with Gasteiger partial charge in [0.1, 0.15) is 0 Å². The zero-order chi connectivity index (χ0) is 8.39. The summed E-state index contributed by atoms with van der Waals surface area (Å²) in [5, 5.41) is 12.1. The van der Waals surface area contributed by atoms with Gasteiger partial charge < -0.3 is 5.21 Å². The van der Waals surface area contributed by atoms with Crippen molar-refractivity contribution in [1.29, 1.82) is 0 Å². The van der Waals surface area contributed by atoms with Crippen molar-refractivity contribution in [2.24, 2.45) is 11.1 Å². The van der Waals surface area contributed by atoms with Crippen LogP contribution in [0.1, 0.15) is 18.4 Å². The van der Waals surface area contributed by atoms with Crippen LogP contribution < -0.4 is 0 Å². The first-order valence-electron chi connectivity index (χ1n) is 4.19. The lowest BCUT2D eigenvalue weighted by atomic mass is 10.1. The predicted octanol–water partition coefficient (Wildman–Crippen LogP) is 2.27. The van der Waals surface area contributed by atoms with Gasteiger partial charge in [-0.3, -0.25) is 0 Å². The van der Waals surface area contributed by atoms with Crippen LogP contribution in [0.15, 0.2) is 35.5 Å². The monoisotopic (exact) mass is 161 g/mol. The highest BCUT2D eigenvalue weighted by atomic mass is 16.4. The molecule has 1 aliphatic rings. The molecule has 1 aromatic carbocycles. The molecule has 0 spiro atoms. The van der Waals surface area contributed by atoms with Crippen LogP contribution in [-0.2, 0) is 0 Å². The Morgan fingerprint density at radius 1 is 1.25 bits per heavy atom. The van der Waals surface area contributed by atoms with Gasteiger partial charge in [-0.05, 0) is 18.4 Å². The lowest BCUT2D eigenvalue weighted by Gasteiger charge is -2.00. The molecule has 1 fully saturated rings. The zero-order valence-electron chi connectivity index (χ0n) is 6.77. The summed E-state index contributed by atoms with van der Waals surface area (Å²) in [5.74, 6) is 0.498. The van der Waals surface area contributed by atoms with Crippen LogP contribution in [-0.4, -0.2) is 10.9 Å². The fourth-order valence-electron chi connectivity index (χ4n) is 1.34. The Balaban J connectivity index is 2.28. The second-order valence-electron chi connectivity index (χ2n) is 3.13. The van der Waals surface area contributed by atoms with Gasteiger partial charge in [0.05, 0.1) is 5.71 Å². The molecule has 2 rings (SSSR count). The fraction of sp³-hybridized carbons (Fsp3) is 0.300. The highest BCUT2D eigenvalue weighted by molar-refractivity contribution is 6.03. The van der Waals surface area contributed by atoms with Gasteiger partial charge >= 0.3 is 0 Å². The summed E-state index contributed by atoms with van der Waals surface area (Å²) >= 11 is 0. The van der Waals surface area contributed by atoms with E-state index in [9.17, 15) is 0 Å². The minimum absolute atomic E-state index is 0.498. The number of benzene rings is 1. The molecule has 0 bridgehead atoms. The van der Waals surface area contributed by atoms with Gasteiger partial charge in [0.25, 0.3) is 0 Å². The van der Waals surface area contributed by atoms with Crippen LogP contribution in [0, 0.1) is 5.92 Å². The zero-order valence-corrected chi connectivity index (χ0v) is 6.77. The van der Waals surface area contributed by atoms with E-state index in [1.807, 2.05) is 30.3 Å². The first-order chi connectivity index (χ1) is 5.92. The minimum atomic E-state index is 0.498. The van der Waals surface area contributed by atoms with Gasteiger partial charge in [0.15, 0.2) is 0 Å². The average Bonchev–Trinajstić information content (AvgIpc) is 2.92. The van der Waals surface area contributed by atoms with Gasteiger partial charge in [-0.1, -0.05) is 35.5 Å². The van der Waals surface area contributed by atoms with Gasteiger partial charge in [0.2, 0.25) is 0 Å². The summed E-state index contributed by atoms with van der Waals surface area (Å²) in [7, 11) is 0. The van der Waals surface area contributed by atoms with Crippen molar-refractivity contribution in [2.75, 3.05) is 0 Å². The second-order valence-corrected chi connectivity index (χ2v) is 3.13. The molecular formula is C10H11NO. The quantitative estimate of drug-likeness (QED) is 0.403. The van der Waals surface area contributed by atoms with E-state index < -0.39 is 0 Å². The van der Waals surface area contributed by atoms with Crippen LogP contribution in [0.25, 0.3) is 0 Å². The van der Waals surface area contributed by atoms with Crippen molar-refractivity contribution >= 4 is 5.71 Å². The molecular weight excluding hydrogens is 150 g/mol. The third kappa shape index (κ3) is 1.33. The third-order valence-corrected chi connectivity index (χ3v) is 2.14. The normalized spacial score (nSPS) is 17.8. The summed E-state index contributed by atoms with van der Waals surface area (Å²) < 4.78 is 0. The topological polar surface area (TPSA) is 32.6 Å². The molecule has 0 heterocycles. The molecule has 1 aliphatic carbocycles. The number of hydrogen-bond donors (Lipinski definition) is 1. The van der Waals surface area contributed by atoms with E-state index >= 15 is 0 Å². The number of oxime groups is 1. The van der Waals surface area contributed by atoms with Crippen molar-refractivity contribution < 1.29 is 5.21 Å². The lowest BCUT2D eigenvalue weighted by molar-refractivity contribution is 0.317. The average molecular weight is 161 g/mol. The van der Waals surface area contributed by atoms with Gasteiger partial charge in [0, 0.05) is 5.92 Å². The van der Waals surface area contributed by atoms with Crippen molar-refractivity contribution in [3.63, 3.8) is 0 Å². The molecule has 0 atom stereocenters. The first kappa shape index (κ1) is 7.35. The predicted molar refractivity (Wildman–Crippen MR) is 47.5 cm³/mol. The molecule has 2 heteroatoms. The molecule has 0 aromatic heterocycles. The van der Waals surface area contributed by atoms with Gasteiger partial charge in [-0.25, -0.2) is 0 Å². The van der Waals surface area contributed by atoms with E-state index in [1.165, 1.54) is 0 Å². The lowest BCUT2D eigenvalue weighted by Crippen LogP contribution is -2.02. The summed E-state index contributed by atoms with van der Waals surface area (Å²) in [5.41, 5.74) is 1.89. The van der Waals surface area contributed by atoms with Gasteiger partial charge in [-0.2, -0.15) is 0 Å². The van der Waals surface area contributed by atoms with Gasteiger partial charge in [-0.15, -0.1) is 0 Å². The van der Waals surface area contributed by atoms with E-state index in [4.69, 9.17) is 5.21 Å². The third-order valence-electron chi connectivity index (χ3n) is 2.14. The highest BCUT2D eigenvalue weighted by Crippen LogP contribution is 2.33. The molecule has 1 N–H and O–H groups in total. The maximum Gasteiger partial charge on any atom is 0.0898 e. The Bertz CT molecular complexity index is 288. The molecule has 0 aliphatic heterocycles. The number of hydrogen-bond acceptors (Lipinski definition) is 2. The smallest absolute Gasteiger partial charge is 0.0898 e. The van der Waals surface area contributed by atoms with Crippen LogP contribution in [0.2, 0.25) is 0 Å². The van der Waals surface area contributed by atoms with Crippen molar-refractivity contribution in [2.45, 2.75) is 12.8 Å². The fourth-order valence-corrected chi connectivity index (χ4v) is 1.34. The van der Waals surface area contributed by atoms with Crippen LogP contribution in [0.5, 0.6) is 0 Å². The Morgan fingerprint density at radius 2 is 1.92 bits per heavy atom. The van der Waals surface area contributed by atoms with Crippen LogP contribution in [0.4, 0.5) is 0 Å². The van der Waals surface area contributed by atoms with E-state index in [-0.39, 0.29) is 0 Å². The SMILES string of the molecule is O/N=C(/c1ccccc1)C1CC1. The molecule has 1 saturated carbocycles. The van der Waals surface area contributed by atoms with E-state index in [1.54, 1.807) is 0 Å². The Morgan fingerprint density at radius 3 is 2.42 bits per heavy atom. The summed E-state index contributed by atoms with van der Waals surface area (Å²) in [6.07, 6.45) is 2.32.